The Morgan fingerprint density at radius 3 is 2.67 bits per heavy atom. The summed E-state index contributed by atoms with van der Waals surface area (Å²) in [5.74, 6) is 0.966. The number of carbonyl (C=O) groups excluding carboxylic acids is 3. The van der Waals surface area contributed by atoms with Gasteiger partial charge in [-0.2, -0.15) is 0 Å². The first-order valence-corrected chi connectivity index (χ1v) is 15.6. The van der Waals surface area contributed by atoms with Crippen LogP contribution in [0.25, 0.3) is 10.2 Å². The quantitative estimate of drug-likeness (QED) is 0.305. The number of benzene rings is 3. The Morgan fingerprint density at radius 2 is 1.87 bits per heavy atom. The van der Waals surface area contributed by atoms with Gasteiger partial charge in [0.25, 0.3) is 11.8 Å². The zero-order chi connectivity index (χ0) is 31.5. The molecule has 1 saturated heterocycles. The first kappa shape index (κ1) is 30.2. The van der Waals surface area contributed by atoms with Crippen molar-refractivity contribution in [2.24, 2.45) is 0 Å². The molecule has 5 aliphatic rings. The van der Waals surface area contributed by atoms with Crippen molar-refractivity contribution < 1.29 is 28.6 Å². The topological polar surface area (TPSA) is 145 Å². The summed E-state index contributed by atoms with van der Waals surface area (Å²) >= 11 is 1.35. The van der Waals surface area contributed by atoms with Crippen LogP contribution in [0, 0.1) is 6.92 Å². The summed E-state index contributed by atoms with van der Waals surface area (Å²) in [6.07, 6.45) is 0.955. The van der Waals surface area contributed by atoms with Gasteiger partial charge in [0.15, 0.2) is 23.2 Å². The van der Waals surface area contributed by atoms with Crippen molar-refractivity contribution >= 4 is 44.4 Å². The minimum absolute atomic E-state index is 0.0592. The molecule has 45 heavy (non-hydrogen) atoms. The summed E-state index contributed by atoms with van der Waals surface area (Å²) in [5, 5.41) is 6.47. The van der Waals surface area contributed by atoms with Crippen molar-refractivity contribution in [3.05, 3.63) is 76.9 Å². The van der Waals surface area contributed by atoms with E-state index in [1.54, 1.807) is 11.0 Å². The highest BCUT2D eigenvalue weighted by atomic mass is 32.1. The number of nitrogens with zero attached hydrogens (tertiary/aromatic N) is 2. The fourth-order valence-electron chi connectivity index (χ4n) is 5.70. The third-order valence-corrected chi connectivity index (χ3v) is 8.89. The van der Waals surface area contributed by atoms with Gasteiger partial charge in [-0.1, -0.05) is 29.5 Å². The van der Waals surface area contributed by atoms with Gasteiger partial charge in [0.2, 0.25) is 5.91 Å². The zero-order valence-corrected chi connectivity index (χ0v) is 25.9. The zero-order valence-electron chi connectivity index (χ0n) is 25.1. The maximum Gasteiger partial charge on any atom is 0.258 e. The van der Waals surface area contributed by atoms with E-state index in [1.165, 1.54) is 18.4 Å². The first-order chi connectivity index (χ1) is 21.7. The number of methoxy groups -OCH3 is 1. The number of rotatable bonds is 2. The van der Waals surface area contributed by atoms with Crippen molar-refractivity contribution in [1.29, 1.82) is 0 Å². The molecule has 1 aromatic heterocycles. The highest BCUT2D eigenvalue weighted by Gasteiger charge is 2.35. The van der Waals surface area contributed by atoms with Crippen LogP contribution in [-0.4, -0.2) is 66.6 Å². The molecule has 0 saturated carbocycles. The summed E-state index contributed by atoms with van der Waals surface area (Å²) in [6, 6.07) is 16.1. The van der Waals surface area contributed by atoms with Crippen molar-refractivity contribution in [3.8, 4) is 17.2 Å². The van der Waals surface area contributed by atoms with E-state index in [-0.39, 0.29) is 30.9 Å². The number of hydrogen-bond acceptors (Lipinski definition) is 9. The largest absolute Gasteiger partial charge is 0.493 e. The average molecular weight is 630 g/mol. The number of aryl methyl sites for hydroxylation is 2. The van der Waals surface area contributed by atoms with E-state index < -0.39 is 12.1 Å². The Bertz CT molecular complexity index is 1740. The number of piperidine rings is 1. The van der Waals surface area contributed by atoms with Gasteiger partial charge < -0.3 is 35.5 Å². The molecule has 5 aliphatic heterocycles. The third-order valence-electron chi connectivity index (χ3n) is 8.06. The molecule has 12 heteroatoms. The fraction of sp³-hybridized carbons (Fsp3) is 0.333. The minimum Gasteiger partial charge on any atom is -0.493 e. The van der Waals surface area contributed by atoms with Gasteiger partial charge in [-0.15, -0.1) is 0 Å². The van der Waals surface area contributed by atoms with Gasteiger partial charge in [-0.3, -0.25) is 14.4 Å². The number of nitrogens with two attached hydrogens (primary N) is 1. The predicted molar refractivity (Wildman–Crippen MR) is 171 cm³/mol. The van der Waals surface area contributed by atoms with Gasteiger partial charge >= 0.3 is 0 Å². The summed E-state index contributed by atoms with van der Waals surface area (Å²) < 4.78 is 18.6. The molecule has 234 valence electrons. The number of hydrogen-bond donors (Lipinski definition) is 3. The summed E-state index contributed by atoms with van der Waals surface area (Å²) in [4.78, 5) is 45.5. The van der Waals surface area contributed by atoms with Crippen molar-refractivity contribution in [1.82, 2.24) is 20.5 Å². The van der Waals surface area contributed by atoms with E-state index in [0.29, 0.717) is 60.3 Å². The molecule has 3 amide bonds. The van der Waals surface area contributed by atoms with Crippen LogP contribution in [0.3, 0.4) is 0 Å². The molecule has 4 bridgehead atoms. The van der Waals surface area contributed by atoms with E-state index in [9.17, 15) is 14.4 Å². The monoisotopic (exact) mass is 629 g/mol. The lowest BCUT2D eigenvalue weighted by Gasteiger charge is -2.39. The first-order valence-electron chi connectivity index (χ1n) is 14.8. The molecular formula is C33H35N5O6S. The summed E-state index contributed by atoms with van der Waals surface area (Å²) in [7, 11) is 1.53. The molecule has 9 rings (SSSR count). The number of nitrogen functional groups attached to an aromatic ring is 1. The van der Waals surface area contributed by atoms with Crippen molar-refractivity contribution in [2.75, 3.05) is 32.5 Å². The molecule has 0 spiro atoms. The molecule has 4 aromatic rings. The molecular weight excluding hydrogens is 594 g/mol. The van der Waals surface area contributed by atoms with Crippen molar-refractivity contribution in [2.45, 2.75) is 44.9 Å². The van der Waals surface area contributed by atoms with E-state index >= 15 is 0 Å². The van der Waals surface area contributed by atoms with E-state index in [2.05, 4.69) is 15.6 Å². The van der Waals surface area contributed by atoms with Gasteiger partial charge in [0, 0.05) is 38.0 Å². The Labute approximate surface area is 264 Å². The van der Waals surface area contributed by atoms with E-state index in [0.717, 1.165) is 26.9 Å². The molecule has 3 aromatic carbocycles. The number of fused-ring (bicyclic) bond motifs is 1. The van der Waals surface area contributed by atoms with Gasteiger partial charge in [0.1, 0.15) is 11.9 Å². The lowest BCUT2D eigenvalue weighted by molar-refractivity contribution is -0.125. The lowest BCUT2D eigenvalue weighted by atomic mass is 10.00. The van der Waals surface area contributed by atoms with Crippen LogP contribution in [0.2, 0.25) is 0 Å². The standard InChI is InChI=1S/C33H35N5O6S/c1-19-13-22(15-28-31(19)37-33(34)45-28)32(41)38-12-11-25-24(17-38)36-30(40)18-43-26-9-5-20(14-27(26)42-2)6-10-29(39)35-16-21-3-7-23(44-25)8-4-21/h3-5,7-9,13-15,24-25H,6,10-12,16-18H2,1-2H3,(H2,34,37)(H,35,39)(H,36,40)/t24-,25-/m1/s1. The molecule has 2 atom stereocenters. The van der Waals surface area contributed by atoms with Crippen LogP contribution in [0.1, 0.15) is 39.9 Å². The maximum absolute atomic E-state index is 13.7. The van der Waals surface area contributed by atoms with Crippen LogP contribution < -0.4 is 30.6 Å². The highest BCUT2D eigenvalue weighted by Crippen LogP contribution is 2.30. The third kappa shape index (κ3) is 6.96. The average Bonchev–Trinajstić information content (AvgIpc) is 3.43. The fourth-order valence-corrected chi connectivity index (χ4v) is 6.55. The second-order valence-electron chi connectivity index (χ2n) is 11.3. The van der Waals surface area contributed by atoms with Gasteiger partial charge in [-0.25, -0.2) is 4.98 Å². The van der Waals surface area contributed by atoms with E-state index in [1.807, 2.05) is 55.5 Å². The summed E-state index contributed by atoms with van der Waals surface area (Å²) in [6.45, 7) is 2.75. The molecule has 1 fully saturated rings. The number of likely N-dealkylation sites (tertiary alicyclic amines) is 1. The molecule has 0 radical (unpaired) electrons. The minimum atomic E-state index is -0.503. The second kappa shape index (κ2) is 13.0. The Hall–Kier alpha value is -4.84. The van der Waals surface area contributed by atoms with Crippen molar-refractivity contribution in [3.63, 3.8) is 0 Å². The predicted octanol–water partition coefficient (Wildman–Crippen LogP) is 3.62. The smallest absolute Gasteiger partial charge is 0.258 e. The molecule has 0 aliphatic carbocycles. The Morgan fingerprint density at radius 1 is 1.07 bits per heavy atom. The SMILES string of the molecule is COc1cc2ccc1OCC(=O)N[C@@H]1CN(C(=O)c3cc(C)c4nc(N)sc4c3)CC[C@H]1Oc1ccc(cc1)CNC(=O)CC2. The van der Waals surface area contributed by atoms with Crippen LogP contribution in [0.5, 0.6) is 17.2 Å². The number of amides is 3. The second-order valence-corrected chi connectivity index (χ2v) is 12.3. The highest BCUT2D eigenvalue weighted by molar-refractivity contribution is 7.22. The van der Waals surface area contributed by atoms with Crippen LogP contribution in [0.4, 0.5) is 5.13 Å². The normalized spacial score (nSPS) is 19.2. The number of thiazole rings is 1. The lowest BCUT2D eigenvalue weighted by Crippen LogP contribution is -2.58. The molecule has 4 N–H and O–H groups in total. The van der Waals surface area contributed by atoms with Gasteiger partial charge in [-0.05, 0) is 66.4 Å². The van der Waals surface area contributed by atoms with Crippen LogP contribution in [-0.2, 0) is 22.6 Å². The molecule has 0 unspecified atom stereocenters. The van der Waals surface area contributed by atoms with E-state index in [4.69, 9.17) is 19.9 Å². The molecule has 6 heterocycles. The Balaban J connectivity index is 1.24. The number of ether oxygens (including phenoxy) is 3. The van der Waals surface area contributed by atoms with Crippen LogP contribution in [0.15, 0.2) is 54.6 Å². The number of nitrogens with one attached hydrogen (secondary N) is 2. The van der Waals surface area contributed by atoms with Crippen LogP contribution >= 0.6 is 11.3 Å². The van der Waals surface area contributed by atoms with Gasteiger partial charge in [0.05, 0.1) is 23.4 Å². The Kier molecular flexibility index (Phi) is 8.74. The molecule has 11 nitrogen and oxygen atoms in total. The number of aromatic nitrogens is 1. The maximum atomic E-state index is 13.7. The number of carbonyl (C=O) groups is 3. The summed E-state index contributed by atoms with van der Waals surface area (Å²) in [5.41, 5.74) is 9.99. The number of anilines is 1.